The summed E-state index contributed by atoms with van der Waals surface area (Å²) < 4.78 is 30.9. The molecule has 0 aromatic heterocycles. The van der Waals surface area contributed by atoms with E-state index in [2.05, 4.69) is 384 Å². The molecule has 15 aromatic carbocycles. The van der Waals surface area contributed by atoms with Gasteiger partial charge in [-0.1, -0.05) is 232 Å². The molecule has 0 atom stereocenters. The van der Waals surface area contributed by atoms with Crippen molar-refractivity contribution in [1.29, 1.82) is 0 Å². The minimum absolute atomic E-state index is 0.257. The Morgan fingerprint density at radius 2 is 0.479 bits per heavy atom. The van der Waals surface area contributed by atoms with Crippen molar-refractivity contribution in [3.8, 4) is 46.0 Å². The lowest BCUT2D eigenvalue weighted by molar-refractivity contribution is 0.465. The van der Waals surface area contributed by atoms with Crippen LogP contribution in [0.2, 0.25) is 39.3 Å². The van der Waals surface area contributed by atoms with Gasteiger partial charge in [-0.25, -0.2) is 0 Å². The van der Waals surface area contributed by atoms with E-state index in [0.717, 1.165) is 141 Å². The molecular formula is C102H82B3N5O4Si3. The zero-order valence-electron chi connectivity index (χ0n) is 67.7. The molecular weight excluding hydrogens is 1480 g/mol. The maximum Gasteiger partial charge on any atom is 0.260 e. The standard InChI is InChI=1S/C102H82B3N5O4Si3/c1-59-45-61(3)101(62(4)46-59)109-80-57-87-73(55-70(80)103-68-29-13-21-37-84(68)111-88-51-65(49-82(109)98(88)103)106-74-31-15-23-39-92(74)115(7,8)93-40-24-16-32-75(93)106)105-71-56-72-86(114-91-54-67(53-90-100(91)104(72)69-30-14-22-38-85(69)112-90)108-78-35-19-27-43-96(78)117(11,12)97-44-28-20-36-79(97)108)58-81(71)110(102-63(5)47-60(2)48-64(102)6)83-50-66(52-89(113-87)99(83)105)107-76-33-17-25-41-94(76)116(9,10)95-42-26-18-34-77(95)107/h13-58H,1-12H3. The van der Waals surface area contributed by atoms with Crippen LogP contribution < -0.4 is 124 Å². The van der Waals surface area contributed by atoms with Gasteiger partial charge in [0, 0.05) is 98.7 Å². The highest BCUT2D eigenvalue weighted by atomic mass is 28.3. The number of benzene rings is 15. The van der Waals surface area contributed by atoms with Crippen LogP contribution in [-0.4, -0.2) is 44.4 Å². The Bertz CT molecular complexity index is 6820. The fourth-order valence-corrected chi connectivity index (χ4v) is 31.6. The van der Waals surface area contributed by atoms with Gasteiger partial charge in [0.05, 0.1) is 28.4 Å². The number of fused-ring (bicyclic) bond motifs is 18. The van der Waals surface area contributed by atoms with Crippen LogP contribution in [0.15, 0.2) is 279 Å². The van der Waals surface area contributed by atoms with Crippen LogP contribution in [0.1, 0.15) is 33.4 Å². The summed E-state index contributed by atoms with van der Waals surface area (Å²) in [6.07, 6.45) is 0. The number of para-hydroxylation sites is 8. The quantitative estimate of drug-likeness (QED) is 0.157. The van der Waals surface area contributed by atoms with Crippen molar-refractivity contribution in [3.63, 3.8) is 0 Å². The molecule has 0 spiro atoms. The molecule has 9 aliphatic rings. The molecule has 9 nitrogen and oxygen atoms in total. The van der Waals surface area contributed by atoms with Crippen molar-refractivity contribution in [1.82, 2.24) is 0 Å². The third kappa shape index (κ3) is 9.44. The summed E-state index contributed by atoms with van der Waals surface area (Å²) in [5.74, 6) is 6.52. The highest BCUT2D eigenvalue weighted by molar-refractivity contribution is 7.05. The molecule has 0 saturated heterocycles. The molecule has 15 heteroatoms. The number of anilines is 15. The minimum atomic E-state index is -2.25. The maximum atomic E-state index is 8.21. The number of rotatable bonds is 5. The second-order valence-corrected chi connectivity index (χ2v) is 48.4. The lowest BCUT2D eigenvalue weighted by atomic mass is 9.29. The molecule has 15 aromatic rings. The van der Waals surface area contributed by atoms with Crippen molar-refractivity contribution >= 4 is 210 Å². The molecule has 0 fully saturated rings. The molecule has 0 amide bonds. The van der Waals surface area contributed by atoms with Crippen LogP contribution in [0.4, 0.5) is 85.3 Å². The Morgan fingerprint density at radius 3 is 0.812 bits per heavy atom. The molecule has 0 aliphatic carbocycles. The first-order valence-electron chi connectivity index (χ1n) is 41.3. The third-order valence-electron chi connectivity index (χ3n) is 27.4. The average molecular weight is 1560 g/mol. The van der Waals surface area contributed by atoms with Crippen LogP contribution in [-0.2, 0) is 0 Å². The number of nitrogens with zero attached hydrogens (tertiary/aromatic N) is 5. The van der Waals surface area contributed by atoms with Gasteiger partial charge in [0.15, 0.2) is 0 Å². The first kappa shape index (κ1) is 68.7. The van der Waals surface area contributed by atoms with Gasteiger partial charge in [-0.3, -0.25) is 0 Å². The summed E-state index contributed by atoms with van der Waals surface area (Å²) in [5.41, 5.74) is 33.9. The Labute approximate surface area is 687 Å². The van der Waals surface area contributed by atoms with Crippen LogP contribution in [0, 0.1) is 41.5 Å². The van der Waals surface area contributed by atoms with Crippen LogP contribution in [0.3, 0.4) is 0 Å². The van der Waals surface area contributed by atoms with E-state index in [0.29, 0.717) is 0 Å². The van der Waals surface area contributed by atoms with Crippen LogP contribution in [0.25, 0.3) is 0 Å². The lowest BCUT2D eigenvalue weighted by Crippen LogP contribution is -2.65. The summed E-state index contributed by atoms with van der Waals surface area (Å²) in [4.78, 5) is 12.7. The van der Waals surface area contributed by atoms with Crippen molar-refractivity contribution in [2.24, 2.45) is 0 Å². The van der Waals surface area contributed by atoms with E-state index in [4.69, 9.17) is 18.9 Å². The normalized spacial score (nSPS) is 15.7. The smallest absolute Gasteiger partial charge is 0.260 e. The zero-order chi connectivity index (χ0) is 78.9. The van der Waals surface area contributed by atoms with Gasteiger partial charge < -0.3 is 43.4 Å². The molecule has 560 valence electrons. The van der Waals surface area contributed by atoms with Gasteiger partial charge >= 0.3 is 0 Å². The predicted octanol–water partition coefficient (Wildman–Crippen LogP) is 16.9. The Kier molecular flexibility index (Phi) is 14.2. The fraction of sp³-hybridized carbons (Fsp3) is 0.118. The molecule has 0 radical (unpaired) electrons. The maximum absolute atomic E-state index is 8.21. The second kappa shape index (κ2) is 24.2. The summed E-state index contributed by atoms with van der Waals surface area (Å²) >= 11 is 0. The number of hydrogen-bond acceptors (Lipinski definition) is 9. The number of aryl methyl sites for hydroxylation is 6. The van der Waals surface area contributed by atoms with Crippen LogP contribution >= 0.6 is 0 Å². The highest BCUT2D eigenvalue weighted by Crippen LogP contribution is 2.54. The first-order valence-corrected chi connectivity index (χ1v) is 50.3. The van der Waals surface area contributed by atoms with Gasteiger partial charge in [-0.15, -0.1) is 0 Å². The largest absolute Gasteiger partial charge is 0.458 e. The fourth-order valence-electron chi connectivity index (χ4n) is 22.6. The Balaban J connectivity index is 0.787. The van der Waals surface area contributed by atoms with Crippen molar-refractivity contribution in [2.45, 2.75) is 80.8 Å². The molecule has 0 N–H and O–H groups in total. The molecule has 0 unspecified atom stereocenters. The summed E-state index contributed by atoms with van der Waals surface area (Å²) in [6, 6.07) is 106. The summed E-state index contributed by atoms with van der Waals surface area (Å²) in [7, 11) is -6.55. The van der Waals surface area contributed by atoms with E-state index in [1.165, 1.54) is 104 Å². The minimum Gasteiger partial charge on any atom is -0.458 e. The third-order valence-corrected chi connectivity index (χ3v) is 38.0. The lowest BCUT2D eigenvalue weighted by Gasteiger charge is -2.46. The van der Waals surface area contributed by atoms with E-state index in [-0.39, 0.29) is 20.1 Å². The van der Waals surface area contributed by atoms with E-state index in [9.17, 15) is 0 Å². The van der Waals surface area contributed by atoms with Crippen molar-refractivity contribution < 1.29 is 18.9 Å². The predicted molar refractivity (Wildman–Crippen MR) is 499 cm³/mol. The SMILES string of the molecule is Cc1cc(C)c(N2c3cc4c(cc3B3c5cc6c(cc5Oc5cc(N7c8ccccc8[Si](C)(C)c8ccccc87)cc2c53)N(c2c(C)cc(C)cc2C)c2cc(N3c5ccccc5[Si](C)(C)c5ccccc53)cc3c2B6c2ccccc2O3)B2c3ccccc3Oc3cc(N5c6ccccc6[Si](C)(C)c6ccccc65)cc(c32)O4)c(C)c1. The van der Waals surface area contributed by atoms with Gasteiger partial charge in [0.2, 0.25) is 0 Å². The van der Waals surface area contributed by atoms with E-state index < -0.39 is 24.2 Å². The molecule has 9 heterocycles. The zero-order valence-corrected chi connectivity index (χ0v) is 70.7. The Hall–Kier alpha value is -12.7. The molecule has 117 heavy (non-hydrogen) atoms. The molecule has 0 saturated carbocycles. The first-order chi connectivity index (χ1) is 56.8. The molecule has 24 rings (SSSR count). The van der Waals surface area contributed by atoms with Gasteiger partial charge in [0.25, 0.3) is 20.1 Å². The number of ether oxygens (including phenoxy) is 4. The van der Waals surface area contributed by atoms with Crippen molar-refractivity contribution in [3.05, 3.63) is 312 Å². The number of hydrogen-bond donors (Lipinski definition) is 0. The van der Waals surface area contributed by atoms with E-state index in [1.54, 1.807) is 0 Å². The van der Waals surface area contributed by atoms with Gasteiger partial charge in [-0.2, -0.15) is 0 Å². The van der Waals surface area contributed by atoms with E-state index >= 15 is 0 Å². The van der Waals surface area contributed by atoms with Crippen molar-refractivity contribution in [2.75, 3.05) is 24.5 Å². The summed E-state index contributed by atoms with van der Waals surface area (Å²) in [5, 5.41) is 8.39. The van der Waals surface area contributed by atoms with Gasteiger partial charge in [0.1, 0.15) is 70.2 Å². The molecule has 0 bridgehead atoms. The van der Waals surface area contributed by atoms with Crippen LogP contribution in [0.5, 0.6) is 46.0 Å². The Morgan fingerprint density at radius 1 is 0.214 bits per heavy atom. The van der Waals surface area contributed by atoms with Gasteiger partial charge in [-0.05, 0) is 199 Å². The second-order valence-electron chi connectivity index (χ2n) is 35.4. The highest BCUT2D eigenvalue weighted by Gasteiger charge is 2.52. The van der Waals surface area contributed by atoms with E-state index in [1.807, 2.05) is 0 Å². The summed E-state index contributed by atoms with van der Waals surface area (Å²) in [6.45, 7) is 27.7. The average Bonchev–Trinajstić information content (AvgIpc) is 0.675. The monoisotopic (exact) mass is 1560 g/mol. The molecule has 9 aliphatic heterocycles. The topological polar surface area (TPSA) is 53.1 Å².